The summed E-state index contributed by atoms with van der Waals surface area (Å²) in [5, 5.41) is 0. The molecule has 3 rings (SSSR count). The van der Waals surface area contributed by atoms with Gasteiger partial charge in [-0.15, -0.1) is 0 Å². The predicted octanol–water partition coefficient (Wildman–Crippen LogP) is 3.39. The van der Waals surface area contributed by atoms with E-state index in [2.05, 4.69) is 38.7 Å². The fourth-order valence-electron chi connectivity index (χ4n) is 3.16. The topological polar surface area (TPSA) is 39.3 Å². The van der Waals surface area contributed by atoms with Gasteiger partial charge in [-0.25, -0.2) is 4.98 Å². The number of hydrogen-bond acceptors (Lipinski definition) is 2. The number of nitrogens with zero attached hydrogens (tertiary/aromatic N) is 3. The molecule has 4 heteroatoms. The third kappa shape index (κ3) is 2.29. The molecule has 0 fully saturated rings. The van der Waals surface area contributed by atoms with E-state index in [0.717, 1.165) is 11.3 Å². The zero-order chi connectivity index (χ0) is 16.9. The molecule has 0 spiro atoms. The Bertz CT molecular complexity index is 977. The normalized spacial score (nSPS) is 11.4. The number of rotatable bonds is 2. The minimum Gasteiger partial charge on any atom is -0.289 e. The first-order chi connectivity index (χ1) is 10.8. The van der Waals surface area contributed by atoms with Crippen LogP contribution in [0.4, 0.5) is 0 Å². The Balaban J connectivity index is 2.25. The van der Waals surface area contributed by atoms with Gasteiger partial charge in [0.25, 0.3) is 5.56 Å². The molecule has 2 aromatic heterocycles. The van der Waals surface area contributed by atoms with Crippen molar-refractivity contribution in [3.63, 3.8) is 0 Å². The van der Waals surface area contributed by atoms with Crippen LogP contribution >= 0.6 is 0 Å². The maximum atomic E-state index is 12.8. The average molecular weight is 309 g/mol. The summed E-state index contributed by atoms with van der Waals surface area (Å²) >= 11 is 0. The van der Waals surface area contributed by atoms with Gasteiger partial charge in [0.2, 0.25) is 5.78 Å². The van der Waals surface area contributed by atoms with Crippen molar-refractivity contribution < 1.29 is 0 Å². The molecule has 0 radical (unpaired) electrons. The van der Waals surface area contributed by atoms with Crippen LogP contribution in [-0.2, 0) is 6.54 Å². The number of aromatic nitrogens is 3. The molecule has 0 unspecified atom stereocenters. The quantitative estimate of drug-likeness (QED) is 0.728. The Morgan fingerprint density at radius 1 is 0.957 bits per heavy atom. The monoisotopic (exact) mass is 309 g/mol. The van der Waals surface area contributed by atoms with Gasteiger partial charge in [-0.3, -0.25) is 13.8 Å². The molecule has 0 bridgehead atoms. The highest BCUT2D eigenvalue weighted by atomic mass is 16.1. The van der Waals surface area contributed by atoms with Gasteiger partial charge in [0.05, 0.1) is 6.54 Å². The van der Waals surface area contributed by atoms with Crippen LogP contribution in [0, 0.1) is 41.5 Å². The predicted molar refractivity (Wildman–Crippen MR) is 93.4 cm³/mol. The zero-order valence-corrected chi connectivity index (χ0v) is 14.7. The lowest BCUT2D eigenvalue weighted by atomic mass is 9.94. The summed E-state index contributed by atoms with van der Waals surface area (Å²) in [6.45, 7) is 12.9. The molecule has 0 saturated heterocycles. The van der Waals surface area contributed by atoms with Crippen LogP contribution in [0.15, 0.2) is 23.3 Å². The molecule has 2 heterocycles. The highest BCUT2D eigenvalue weighted by Gasteiger charge is 2.14. The van der Waals surface area contributed by atoms with Crippen LogP contribution in [0.3, 0.4) is 0 Å². The van der Waals surface area contributed by atoms with Gasteiger partial charge < -0.3 is 0 Å². The summed E-state index contributed by atoms with van der Waals surface area (Å²) in [7, 11) is 0. The average Bonchev–Trinajstić information content (AvgIpc) is 3.01. The first-order valence-electron chi connectivity index (χ1n) is 7.92. The number of fused-ring (bicyclic) bond motifs is 1. The number of imidazole rings is 1. The Morgan fingerprint density at radius 3 is 2.35 bits per heavy atom. The van der Waals surface area contributed by atoms with Gasteiger partial charge in [-0.05, 0) is 69.4 Å². The molecule has 0 amide bonds. The molecule has 0 aliphatic heterocycles. The van der Waals surface area contributed by atoms with E-state index in [4.69, 9.17) is 0 Å². The molecule has 0 saturated carbocycles. The molecule has 3 aromatic rings. The van der Waals surface area contributed by atoms with E-state index in [0.29, 0.717) is 12.3 Å². The van der Waals surface area contributed by atoms with Gasteiger partial charge in [0.15, 0.2) is 0 Å². The Labute approximate surface area is 136 Å². The van der Waals surface area contributed by atoms with Crippen molar-refractivity contribution in [2.24, 2.45) is 0 Å². The lowest BCUT2D eigenvalue weighted by molar-refractivity contribution is 0.734. The zero-order valence-electron chi connectivity index (χ0n) is 14.7. The van der Waals surface area contributed by atoms with Crippen LogP contribution in [0.1, 0.15) is 39.1 Å². The smallest absolute Gasteiger partial charge is 0.258 e. The molecule has 0 N–H and O–H groups in total. The Kier molecular flexibility index (Phi) is 3.63. The van der Waals surface area contributed by atoms with Crippen molar-refractivity contribution in [1.29, 1.82) is 0 Å². The van der Waals surface area contributed by atoms with Crippen molar-refractivity contribution in [2.45, 2.75) is 48.1 Å². The van der Waals surface area contributed by atoms with Crippen molar-refractivity contribution in [3.8, 4) is 0 Å². The lowest BCUT2D eigenvalue weighted by Gasteiger charge is -2.17. The third-order valence-corrected chi connectivity index (χ3v) is 5.25. The third-order valence-electron chi connectivity index (χ3n) is 5.25. The van der Waals surface area contributed by atoms with Gasteiger partial charge in [0, 0.05) is 23.7 Å². The second-order valence-corrected chi connectivity index (χ2v) is 6.43. The number of benzene rings is 1. The van der Waals surface area contributed by atoms with E-state index in [9.17, 15) is 4.79 Å². The molecule has 1 aromatic carbocycles. The first-order valence-corrected chi connectivity index (χ1v) is 7.92. The summed E-state index contributed by atoms with van der Waals surface area (Å²) in [5.41, 5.74) is 8.08. The van der Waals surface area contributed by atoms with Crippen LogP contribution in [0.25, 0.3) is 5.78 Å². The van der Waals surface area contributed by atoms with E-state index >= 15 is 0 Å². The van der Waals surface area contributed by atoms with Crippen molar-refractivity contribution in [1.82, 2.24) is 14.0 Å². The molecule has 4 nitrogen and oxygen atoms in total. The number of hydrogen-bond donors (Lipinski definition) is 0. The van der Waals surface area contributed by atoms with E-state index in [1.165, 1.54) is 27.8 Å². The van der Waals surface area contributed by atoms with Crippen molar-refractivity contribution >= 4 is 5.78 Å². The fraction of sp³-hybridized carbons (Fsp3) is 0.368. The van der Waals surface area contributed by atoms with Crippen LogP contribution in [0.2, 0.25) is 0 Å². The Morgan fingerprint density at radius 2 is 1.65 bits per heavy atom. The van der Waals surface area contributed by atoms with Crippen LogP contribution in [-0.4, -0.2) is 14.0 Å². The largest absolute Gasteiger partial charge is 0.289 e. The summed E-state index contributed by atoms with van der Waals surface area (Å²) in [6.07, 6.45) is 3.66. The maximum Gasteiger partial charge on any atom is 0.258 e. The highest BCUT2D eigenvalue weighted by molar-refractivity contribution is 5.45. The first kappa shape index (κ1) is 15.5. The minimum atomic E-state index is 0.0384. The molecule has 0 aliphatic carbocycles. The van der Waals surface area contributed by atoms with Gasteiger partial charge in [0.1, 0.15) is 0 Å². The lowest BCUT2D eigenvalue weighted by Crippen LogP contribution is -2.27. The van der Waals surface area contributed by atoms with Crippen molar-refractivity contribution in [2.75, 3.05) is 0 Å². The van der Waals surface area contributed by atoms with E-state index < -0.39 is 0 Å². The van der Waals surface area contributed by atoms with Crippen LogP contribution < -0.4 is 5.56 Å². The van der Waals surface area contributed by atoms with Gasteiger partial charge >= 0.3 is 0 Å². The SMILES string of the molecule is Cc1cc(Cn2c(=O)c(C)c(C)n3ccnc23)c(C)c(C)c1C. The molecule has 0 atom stereocenters. The molecule has 120 valence electrons. The summed E-state index contributed by atoms with van der Waals surface area (Å²) in [6, 6.07) is 2.19. The van der Waals surface area contributed by atoms with Gasteiger partial charge in [-0.1, -0.05) is 6.07 Å². The van der Waals surface area contributed by atoms with E-state index in [1.54, 1.807) is 10.8 Å². The molecule has 23 heavy (non-hydrogen) atoms. The summed E-state index contributed by atoms with van der Waals surface area (Å²) < 4.78 is 3.76. The second-order valence-electron chi connectivity index (χ2n) is 6.43. The van der Waals surface area contributed by atoms with E-state index in [1.807, 2.05) is 24.4 Å². The molecule has 0 aliphatic rings. The Hall–Kier alpha value is -2.36. The maximum absolute atomic E-state index is 12.8. The molecular formula is C19H23N3O. The van der Waals surface area contributed by atoms with E-state index in [-0.39, 0.29) is 5.56 Å². The highest BCUT2D eigenvalue weighted by Crippen LogP contribution is 2.22. The summed E-state index contributed by atoms with van der Waals surface area (Å²) in [4.78, 5) is 17.2. The second kappa shape index (κ2) is 5.37. The van der Waals surface area contributed by atoms with Crippen molar-refractivity contribution in [3.05, 3.63) is 67.9 Å². The van der Waals surface area contributed by atoms with Gasteiger partial charge in [-0.2, -0.15) is 0 Å². The summed E-state index contributed by atoms with van der Waals surface area (Å²) in [5.74, 6) is 0.702. The standard InChI is InChI=1S/C19H23N3O/c1-11-9-17(14(4)13(3)12(11)2)10-22-18(23)15(5)16(6)21-8-7-20-19(21)22/h7-9H,10H2,1-6H3. The molecular weight excluding hydrogens is 286 g/mol. The minimum absolute atomic E-state index is 0.0384. The number of aryl methyl sites for hydroxylation is 2. The fourth-order valence-corrected chi connectivity index (χ4v) is 3.16. The van der Waals surface area contributed by atoms with Crippen LogP contribution in [0.5, 0.6) is 0 Å².